The van der Waals surface area contributed by atoms with Gasteiger partial charge in [-0.2, -0.15) is 0 Å². The average Bonchev–Trinajstić information content (AvgIpc) is 3.02. The fraction of sp³-hybridized carbons (Fsp3) is 0.389. The van der Waals surface area contributed by atoms with Crippen molar-refractivity contribution in [1.82, 2.24) is 14.8 Å². The maximum Gasteiger partial charge on any atom is 0.312 e. The van der Waals surface area contributed by atoms with Crippen LogP contribution < -0.4 is 0 Å². The first-order valence-corrected chi connectivity index (χ1v) is 9.14. The van der Waals surface area contributed by atoms with Gasteiger partial charge in [-0.05, 0) is 24.8 Å². The number of hydrogen-bond acceptors (Lipinski definition) is 4. The number of thiazole rings is 1. The number of rotatable bonds is 4. The molecule has 0 unspecified atom stereocenters. The highest BCUT2D eigenvalue weighted by molar-refractivity contribution is 7.15. The third kappa shape index (κ3) is 2.82. The second kappa shape index (κ2) is 6.36. The van der Waals surface area contributed by atoms with Crippen LogP contribution in [-0.4, -0.2) is 45.7 Å². The first-order valence-electron chi connectivity index (χ1n) is 8.32. The van der Waals surface area contributed by atoms with E-state index in [4.69, 9.17) is 0 Å². The predicted octanol–water partition coefficient (Wildman–Crippen LogP) is 2.53. The van der Waals surface area contributed by atoms with E-state index in [-0.39, 0.29) is 17.9 Å². The minimum Gasteiger partial charge on any atom is -0.330 e. The Hall–Kier alpha value is -2.21. The molecule has 4 rings (SSSR count). The molecule has 6 heteroatoms. The molecular formula is C18H19N3O2S. The van der Waals surface area contributed by atoms with E-state index in [1.54, 1.807) is 21.1 Å². The van der Waals surface area contributed by atoms with Gasteiger partial charge in [-0.3, -0.25) is 9.59 Å². The number of nitrogens with zero attached hydrogens (tertiary/aromatic N) is 3. The molecule has 2 amide bonds. The Labute approximate surface area is 144 Å². The maximum absolute atomic E-state index is 12.4. The van der Waals surface area contributed by atoms with Gasteiger partial charge in [0.25, 0.3) is 0 Å². The number of benzene rings is 1. The molecule has 0 atom stereocenters. The number of amides is 2. The lowest BCUT2D eigenvalue weighted by molar-refractivity contribution is -0.159. The number of aromatic nitrogens is 1. The summed E-state index contributed by atoms with van der Waals surface area (Å²) in [4.78, 5) is 33.6. The zero-order valence-corrected chi connectivity index (χ0v) is 14.2. The molecule has 24 heavy (non-hydrogen) atoms. The third-order valence-corrected chi connectivity index (χ3v) is 5.83. The van der Waals surface area contributed by atoms with Gasteiger partial charge >= 0.3 is 11.8 Å². The van der Waals surface area contributed by atoms with Crippen molar-refractivity contribution in [3.05, 3.63) is 41.5 Å². The Morgan fingerprint density at radius 1 is 1.08 bits per heavy atom. The lowest BCUT2D eigenvalue weighted by atomic mass is 9.91. The van der Waals surface area contributed by atoms with Crippen molar-refractivity contribution in [3.8, 4) is 10.4 Å². The smallest absolute Gasteiger partial charge is 0.312 e. The number of hydrogen-bond donors (Lipinski definition) is 0. The largest absolute Gasteiger partial charge is 0.330 e. The van der Waals surface area contributed by atoms with Crippen molar-refractivity contribution in [3.63, 3.8) is 0 Å². The molecule has 1 aliphatic carbocycles. The van der Waals surface area contributed by atoms with Crippen molar-refractivity contribution >= 4 is 23.2 Å². The molecule has 1 saturated carbocycles. The van der Waals surface area contributed by atoms with Crippen LogP contribution in [0.2, 0.25) is 0 Å². The molecule has 0 radical (unpaired) electrons. The Bertz CT molecular complexity index is 755. The molecule has 124 valence electrons. The van der Waals surface area contributed by atoms with Crippen molar-refractivity contribution < 1.29 is 9.59 Å². The molecule has 0 N–H and O–H groups in total. The SMILES string of the molecule is O=C1C(=O)N(C2CCC2)CCN1Cc1ncc(-c2ccccc2)s1. The number of piperazine rings is 1. The lowest BCUT2D eigenvalue weighted by Crippen LogP contribution is -2.58. The lowest BCUT2D eigenvalue weighted by Gasteiger charge is -2.41. The van der Waals surface area contributed by atoms with Gasteiger partial charge in [0.1, 0.15) is 5.01 Å². The van der Waals surface area contributed by atoms with Crippen molar-refractivity contribution in [1.29, 1.82) is 0 Å². The Kier molecular flexibility index (Phi) is 4.06. The molecule has 0 spiro atoms. The van der Waals surface area contributed by atoms with Crippen LogP contribution in [0.15, 0.2) is 36.5 Å². The molecule has 2 fully saturated rings. The Balaban J connectivity index is 1.43. The summed E-state index contributed by atoms with van der Waals surface area (Å²) in [5.41, 5.74) is 1.12. The summed E-state index contributed by atoms with van der Waals surface area (Å²) in [5, 5.41) is 0.868. The zero-order valence-electron chi connectivity index (χ0n) is 13.4. The summed E-state index contributed by atoms with van der Waals surface area (Å²) >= 11 is 1.58. The van der Waals surface area contributed by atoms with Crippen LogP contribution in [0.3, 0.4) is 0 Å². The molecule has 1 aromatic carbocycles. The summed E-state index contributed by atoms with van der Waals surface area (Å²) in [5.74, 6) is -0.726. The summed E-state index contributed by atoms with van der Waals surface area (Å²) in [6, 6.07) is 10.4. The molecule has 1 saturated heterocycles. The molecule has 5 nitrogen and oxygen atoms in total. The highest BCUT2D eigenvalue weighted by Gasteiger charge is 2.38. The van der Waals surface area contributed by atoms with Gasteiger partial charge in [-0.15, -0.1) is 11.3 Å². The van der Waals surface area contributed by atoms with Gasteiger partial charge in [0.05, 0.1) is 11.4 Å². The van der Waals surface area contributed by atoms with Crippen LogP contribution in [0.1, 0.15) is 24.3 Å². The third-order valence-electron chi connectivity index (χ3n) is 4.80. The van der Waals surface area contributed by atoms with Crippen molar-refractivity contribution in [2.45, 2.75) is 31.8 Å². The normalized spacial score (nSPS) is 18.8. The van der Waals surface area contributed by atoms with Gasteiger partial charge in [0.15, 0.2) is 0 Å². The van der Waals surface area contributed by atoms with Gasteiger partial charge < -0.3 is 9.80 Å². The van der Waals surface area contributed by atoms with Gasteiger partial charge in [-0.1, -0.05) is 30.3 Å². The Morgan fingerprint density at radius 2 is 1.88 bits per heavy atom. The molecule has 1 aromatic heterocycles. The quantitative estimate of drug-likeness (QED) is 0.803. The van der Waals surface area contributed by atoms with E-state index in [0.717, 1.165) is 34.7 Å². The van der Waals surface area contributed by atoms with Gasteiger partial charge in [-0.25, -0.2) is 4.98 Å². The number of carbonyl (C=O) groups excluding carboxylic acids is 2. The van der Waals surface area contributed by atoms with E-state index in [1.807, 2.05) is 36.5 Å². The molecule has 2 heterocycles. The van der Waals surface area contributed by atoms with E-state index in [1.165, 1.54) is 0 Å². The van der Waals surface area contributed by atoms with Crippen LogP contribution in [0.4, 0.5) is 0 Å². The standard InChI is InChI=1S/C18H19N3O2S/c22-17-18(23)21(14-7-4-8-14)10-9-20(17)12-16-19-11-15(24-16)13-5-2-1-3-6-13/h1-3,5-6,11,14H,4,7-10,12H2. The average molecular weight is 341 g/mol. The molecular weight excluding hydrogens is 322 g/mol. The number of carbonyl (C=O) groups is 2. The predicted molar refractivity (Wildman–Crippen MR) is 92.3 cm³/mol. The van der Waals surface area contributed by atoms with E-state index in [2.05, 4.69) is 4.98 Å². The van der Waals surface area contributed by atoms with E-state index in [9.17, 15) is 9.59 Å². The minimum atomic E-state index is -0.385. The molecule has 0 bridgehead atoms. The summed E-state index contributed by atoms with van der Waals surface area (Å²) in [6.45, 7) is 1.66. The molecule has 2 aromatic rings. The van der Waals surface area contributed by atoms with Crippen molar-refractivity contribution in [2.24, 2.45) is 0 Å². The van der Waals surface area contributed by atoms with Crippen LogP contribution in [0, 0.1) is 0 Å². The fourth-order valence-corrected chi connectivity index (χ4v) is 4.11. The van der Waals surface area contributed by atoms with Gasteiger partial charge in [0.2, 0.25) is 0 Å². The van der Waals surface area contributed by atoms with E-state index < -0.39 is 0 Å². The highest BCUT2D eigenvalue weighted by Crippen LogP contribution is 2.29. The molecule has 2 aliphatic rings. The Morgan fingerprint density at radius 3 is 2.58 bits per heavy atom. The second-order valence-corrected chi connectivity index (χ2v) is 7.41. The maximum atomic E-state index is 12.4. The summed E-state index contributed by atoms with van der Waals surface area (Å²) in [6.07, 6.45) is 5.07. The molecule has 1 aliphatic heterocycles. The zero-order chi connectivity index (χ0) is 16.5. The topological polar surface area (TPSA) is 53.5 Å². The summed E-state index contributed by atoms with van der Waals surface area (Å²) < 4.78 is 0. The summed E-state index contributed by atoms with van der Waals surface area (Å²) in [7, 11) is 0. The monoisotopic (exact) mass is 341 g/mol. The minimum absolute atomic E-state index is 0.285. The first kappa shape index (κ1) is 15.3. The van der Waals surface area contributed by atoms with Crippen LogP contribution in [0.5, 0.6) is 0 Å². The van der Waals surface area contributed by atoms with Crippen LogP contribution in [-0.2, 0) is 16.1 Å². The van der Waals surface area contributed by atoms with Crippen LogP contribution >= 0.6 is 11.3 Å². The second-order valence-electron chi connectivity index (χ2n) is 6.29. The first-order chi connectivity index (χ1) is 11.7. The van der Waals surface area contributed by atoms with Crippen LogP contribution in [0.25, 0.3) is 10.4 Å². The highest BCUT2D eigenvalue weighted by atomic mass is 32.1. The van der Waals surface area contributed by atoms with E-state index >= 15 is 0 Å². The van der Waals surface area contributed by atoms with E-state index in [0.29, 0.717) is 19.6 Å². The van der Waals surface area contributed by atoms with Gasteiger partial charge in [0, 0.05) is 25.3 Å². The van der Waals surface area contributed by atoms with Crippen molar-refractivity contribution in [2.75, 3.05) is 13.1 Å². The fourth-order valence-electron chi connectivity index (χ4n) is 3.17.